The Labute approximate surface area is 179 Å². The molecule has 3 aromatic rings. The average Bonchev–Trinajstić information content (AvgIpc) is 3.40. The van der Waals surface area contributed by atoms with Crippen LogP contribution in [0.2, 0.25) is 5.02 Å². The number of anilines is 3. The van der Waals surface area contributed by atoms with E-state index in [4.69, 9.17) is 11.6 Å². The molecule has 0 radical (unpaired) electrons. The summed E-state index contributed by atoms with van der Waals surface area (Å²) in [6, 6.07) is -1.13. The van der Waals surface area contributed by atoms with Gasteiger partial charge in [-0.05, 0) is 6.08 Å². The summed E-state index contributed by atoms with van der Waals surface area (Å²) in [5.74, 6) is -2.09. The predicted octanol–water partition coefficient (Wildman–Crippen LogP) is 3.08. The fourth-order valence-corrected chi connectivity index (χ4v) is 3.77. The number of halogens is 4. The van der Waals surface area contributed by atoms with Gasteiger partial charge in [-0.2, -0.15) is 28.2 Å². The van der Waals surface area contributed by atoms with E-state index < -0.39 is 30.6 Å². The molecule has 3 N–H and O–H groups in total. The summed E-state index contributed by atoms with van der Waals surface area (Å²) in [5.41, 5.74) is 0.941. The molecule has 164 valence electrons. The Hall–Kier alpha value is -3.28. The van der Waals surface area contributed by atoms with Gasteiger partial charge in [0, 0.05) is 32.5 Å². The standard InChI is InChI=1S/C18H18ClF3N8O/c1-3-13(31)30-7-10(18(20,21)22)12(8-30)26-16-14-11(19)5-23-15(14)27-17(28-16)25-9-4-24-29(2)6-9/h3-6,10,12H,1,7-8H2,2H3,(H3,23,25,26,27,28). The summed E-state index contributed by atoms with van der Waals surface area (Å²) in [6.07, 6.45) is 1.20. The first-order chi connectivity index (χ1) is 14.7. The normalized spacial score (nSPS) is 19.1. The number of hydrogen-bond acceptors (Lipinski definition) is 6. The molecule has 4 heterocycles. The van der Waals surface area contributed by atoms with Crippen LogP contribution in [0.15, 0.2) is 31.2 Å². The molecule has 0 aliphatic carbocycles. The SMILES string of the molecule is C=CC(=O)N1CC(Nc2nc(Nc3cnn(C)c3)nc3[nH]cc(Cl)c23)C(C(F)(F)F)C1. The molecule has 2 atom stereocenters. The Morgan fingerprint density at radius 3 is 2.81 bits per heavy atom. The molecule has 9 nitrogen and oxygen atoms in total. The molecule has 0 saturated carbocycles. The highest BCUT2D eigenvalue weighted by molar-refractivity contribution is 6.36. The van der Waals surface area contributed by atoms with E-state index in [1.54, 1.807) is 24.1 Å². The second-order valence-corrected chi connectivity index (χ2v) is 7.54. The quantitative estimate of drug-likeness (QED) is 0.512. The molecule has 0 bridgehead atoms. The van der Waals surface area contributed by atoms with Crippen molar-refractivity contribution in [1.29, 1.82) is 0 Å². The number of nitrogens with zero attached hydrogens (tertiary/aromatic N) is 5. The summed E-state index contributed by atoms with van der Waals surface area (Å²) < 4.78 is 42.6. The summed E-state index contributed by atoms with van der Waals surface area (Å²) in [6.45, 7) is 2.72. The number of fused-ring (bicyclic) bond motifs is 1. The van der Waals surface area contributed by atoms with Gasteiger partial charge in [-0.3, -0.25) is 9.48 Å². The second-order valence-electron chi connectivity index (χ2n) is 7.13. The van der Waals surface area contributed by atoms with Gasteiger partial charge in [0.15, 0.2) is 0 Å². The number of alkyl halides is 3. The lowest BCUT2D eigenvalue weighted by Gasteiger charge is -2.22. The van der Waals surface area contributed by atoms with Crippen LogP contribution >= 0.6 is 11.6 Å². The Morgan fingerprint density at radius 2 is 2.16 bits per heavy atom. The van der Waals surface area contributed by atoms with E-state index in [1.165, 1.54) is 6.20 Å². The van der Waals surface area contributed by atoms with Crippen molar-refractivity contribution in [2.45, 2.75) is 12.2 Å². The molecule has 1 saturated heterocycles. The van der Waals surface area contributed by atoms with Gasteiger partial charge in [0.25, 0.3) is 0 Å². The Kier molecular flexibility index (Phi) is 5.25. The van der Waals surface area contributed by atoms with Crippen LogP contribution in [0.4, 0.5) is 30.6 Å². The first-order valence-corrected chi connectivity index (χ1v) is 9.58. The van der Waals surface area contributed by atoms with Gasteiger partial charge in [0.2, 0.25) is 11.9 Å². The van der Waals surface area contributed by atoms with Crippen LogP contribution in [0.25, 0.3) is 11.0 Å². The van der Waals surface area contributed by atoms with Crippen molar-refractivity contribution < 1.29 is 18.0 Å². The summed E-state index contributed by atoms with van der Waals surface area (Å²) >= 11 is 6.22. The van der Waals surface area contributed by atoms with E-state index in [2.05, 4.69) is 37.3 Å². The maximum absolute atomic E-state index is 13.7. The van der Waals surface area contributed by atoms with Crippen LogP contribution in [-0.2, 0) is 11.8 Å². The fourth-order valence-electron chi connectivity index (χ4n) is 3.54. The van der Waals surface area contributed by atoms with Crippen molar-refractivity contribution in [2.24, 2.45) is 13.0 Å². The molecule has 1 fully saturated rings. The highest BCUT2D eigenvalue weighted by Gasteiger charge is 2.50. The largest absolute Gasteiger partial charge is 0.395 e. The van der Waals surface area contributed by atoms with Crippen molar-refractivity contribution in [3.05, 3.63) is 36.3 Å². The smallest absolute Gasteiger partial charge is 0.364 e. The Bertz CT molecular complexity index is 1140. The van der Waals surface area contributed by atoms with Gasteiger partial charge in [-0.15, -0.1) is 0 Å². The molecule has 1 aliphatic heterocycles. The molecule has 0 aromatic carbocycles. The molecule has 4 rings (SSSR count). The molecule has 1 aliphatic rings. The topological polar surface area (TPSA) is 104 Å². The molecule has 1 amide bonds. The molecule has 31 heavy (non-hydrogen) atoms. The maximum atomic E-state index is 13.7. The van der Waals surface area contributed by atoms with Gasteiger partial charge in [-0.25, -0.2) is 0 Å². The molecular formula is C18H18ClF3N8O. The van der Waals surface area contributed by atoms with Crippen molar-refractivity contribution >= 4 is 46.0 Å². The fraction of sp³-hybridized carbons (Fsp3) is 0.333. The van der Waals surface area contributed by atoms with E-state index in [1.807, 2.05) is 0 Å². The minimum atomic E-state index is -4.52. The lowest BCUT2D eigenvalue weighted by molar-refractivity contribution is -0.172. The minimum Gasteiger partial charge on any atom is -0.364 e. The zero-order valence-corrected chi connectivity index (χ0v) is 17.0. The van der Waals surface area contributed by atoms with Gasteiger partial charge in [0.1, 0.15) is 11.5 Å². The number of hydrogen-bond donors (Lipinski definition) is 3. The van der Waals surface area contributed by atoms with Gasteiger partial charge < -0.3 is 20.5 Å². The van der Waals surface area contributed by atoms with Crippen LogP contribution < -0.4 is 10.6 Å². The molecule has 0 spiro atoms. The summed E-state index contributed by atoms with van der Waals surface area (Å²) in [7, 11) is 1.74. The number of likely N-dealkylation sites (tertiary alicyclic amines) is 1. The number of H-pyrrole nitrogens is 1. The van der Waals surface area contributed by atoms with Crippen molar-refractivity contribution in [1.82, 2.24) is 29.6 Å². The predicted molar refractivity (Wildman–Crippen MR) is 109 cm³/mol. The summed E-state index contributed by atoms with van der Waals surface area (Å²) in [4.78, 5) is 24.6. The third-order valence-electron chi connectivity index (χ3n) is 4.99. The van der Waals surface area contributed by atoms with Crippen LogP contribution in [0.3, 0.4) is 0 Å². The van der Waals surface area contributed by atoms with Gasteiger partial charge in [0.05, 0.1) is 34.3 Å². The third kappa shape index (κ3) is 4.15. The zero-order chi connectivity index (χ0) is 22.3. The lowest BCUT2D eigenvalue weighted by Crippen LogP contribution is -2.38. The third-order valence-corrected chi connectivity index (χ3v) is 5.29. The van der Waals surface area contributed by atoms with Gasteiger partial charge >= 0.3 is 6.18 Å². The molecule has 13 heteroatoms. The molecule has 2 unspecified atom stereocenters. The number of aromatic amines is 1. The number of aromatic nitrogens is 5. The van der Waals surface area contributed by atoms with Crippen molar-refractivity contribution in [2.75, 3.05) is 23.7 Å². The van der Waals surface area contributed by atoms with Crippen molar-refractivity contribution in [3.63, 3.8) is 0 Å². The zero-order valence-electron chi connectivity index (χ0n) is 16.2. The van der Waals surface area contributed by atoms with Crippen molar-refractivity contribution in [3.8, 4) is 0 Å². The number of rotatable bonds is 5. The van der Waals surface area contributed by atoms with Crippen LogP contribution in [-0.4, -0.2) is 60.8 Å². The lowest BCUT2D eigenvalue weighted by atomic mass is 10.0. The first-order valence-electron chi connectivity index (χ1n) is 9.20. The monoisotopic (exact) mass is 454 g/mol. The van der Waals surface area contributed by atoms with Gasteiger partial charge in [-0.1, -0.05) is 18.2 Å². The number of carbonyl (C=O) groups is 1. The Morgan fingerprint density at radius 1 is 1.39 bits per heavy atom. The van der Waals surface area contributed by atoms with E-state index in [9.17, 15) is 18.0 Å². The van der Waals surface area contributed by atoms with E-state index in [-0.39, 0.29) is 23.3 Å². The van der Waals surface area contributed by atoms with Crippen LogP contribution in [0.1, 0.15) is 0 Å². The highest BCUT2D eigenvalue weighted by Crippen LogP contribution is 2.37. The average molecular weight is 455 g/mol. The van der Waals surface area contributed by atoms with E-state index in [0.29, 0.717) is 16.7 Å². The number of amides is 1. The van der Waals surface area contributed by atoms with E-state index in [0.717, 1.165) is 11.0 Å². The van der Waals surface area contributed by atoms with Crippen LogP contribution in [0, 0.1) is 5.92 Å². The molecule has 3 aromatic heterocycles. The van der Waals surface area contributed by atoms with E-state index >= 15 is 0 Å². The van der Waals surface area contributed by atoms with Crippen LogP contribution in [0.5, 0.6) is 0 Å². The Balaban J connectivity index is 1.69. The highest BCUT2D eigenvalue weighted by atomic mass is 35.5. The first kappa shape index (κ1) is 21.0. The molecular weight excluding hydrogens is 437 g/mol. The second kappa shape index (κ2) is 7.76. The number of nitrogens with one attached hydrogen (secondary N) is 3. The summed E-state index contributed by atoms with van der Waals surface area (Å²) in [5, 5.41) is 10.5. The number of carbonyl (C=O) groups excluding carboxylic acids is 1. The maximum Gasteiger partial charge on any atom is 0.395 e. The minimum absolute atomic E-state index is 0.120. The number of aryl methyl sites for hydroxylation is 1.